The monoisotopic (exact) mass is 198 g/mol. The summed E-state index contributed by atoms with van der Waals surface area (Å²) < 4.78 is 5.12. The Hall–Kier alpha value is -0.700. The van der Waals surface area contributed by atoms with Crippen LogP contribution in [0.5, 0.6) is 0 Å². The summed E-state index contributed by atoms with van der Waals surface area (Å²) in [6.07, 6.45) is 4.38. The van der Waals surface area contributed by atoms with Crippen molar-refractivity contribution in [2.45, 2.75) is 31.9 Å². The van der Waals surface area contributed by atoms with Crippen molar-refractivity contribution in [3.63, 3.8) is 0 Å². The third kappa shape index (κ3) is 4.18. The van der Waals surface area contributed by atoms with Crippen molar-refractivity contribution in [1.29, 1.82) is 0 Å². The molecule has 0 aliphatic carbocycles. The summed E-state index contributed by atoms with van der Waals surface area (Å²) in [6.45, 7) is 2.09. The summed E-state index contributed by atoms with van der Waals surface area (Å²) in [5, 5.41) is 0.262. The van der Waals surface area contributed by atoms with Crippen LogP contribution in [0.2, 0.25) is 0 Å². The zero-order valence-electron chi connectivity index (χ0n) is 7.79. The van der Waals surface area contributed by atoms with E-state index in [1.54, 1.807) is 6.26 Å². The van der Waals surface area contributed by atoms with Crippen molar-refractivity contribution in [2.24, 2.45) is 0 Å². The fraction of sp³-hybridized carbons (Fsp3) is 0.500. The molecule has 0 atom stereocenters. The van der Waals surface area contributed by atoms with Gasteiger partial charge in [0.05, 0.1) is 12.0 Å². The molecule has 0 fully saturated rings. The first kappa shape index (κ1) is 10.4. The minimum Gasteiger partial charge on any atom is -0.468 e. The molecular weight excluding hydrogens is 184 g/mol. The predicted molar refractivity (Wildman–Crippen MR) is 54.5 cm³/mol. The molecule has 0 N–H and O–H groups in total. The molecule has 0 bridgehead atoms. The van der Waals surface area contributed by atoms with E-state index in [1.807, 2.05) is 12.1 Å². The molecule has 0 aliphatic rings. The molecule has 0 unspecified atom stereocenters. The molecule has 1 heterocycles. The first-order valence-corrected chi connectivity index (χ1v) is 5.49. The second kappa shape index (κ2) is 5.86. The Balaban J connectivity index is 2.15. The number of thioether (sulfide) groups is 1. The van der Waals surface area contributed by atoms with Crippen molar-refractivity contribution >= 4 is 16.9 Å². The summed E-state index contributed by atoms with van der Waals surface area (Å²) in [4.78, 5) is 11.2. The zero-order valence-corrected chi connectivity index (χ0v) is 8.60. The van der Waals surface area contributed by atoms with Crippen molar-refractivity contribution in [2.75, 3.05) is 0 Å². The van der Waals surface area contributed by atoms with Gasteiger partial charge in [0.2, 0.25) is 0 Å². The highest BCUT2D eigenvalue weighted by Gasteiger charge is 2.03. The van der Waals surface area contributed by atoms with Crippen LogP contribution >= 0.6 is 11.8 Å². The summed E-state index contributed by atoms with van der Waals surface area (Å²) in [6, 6.07) is 3.73. The molecule has 13 heavy (non-hydrogen) atoms. The SMILES string of the molecule is CCCCC(=O)SCc1ccco1. The Kier molecular flexibility index (Phi) is 4.68. The summed E-state index contributed by atoms with van der Waals surface area (Å²) in [7, 11) is 0. The van der Waals surface area contributed by atoms with Crippen LogP contribution in [0.3, 0.4) is 0 Å². The summed E-state index contributed by atoms with van der Waals surface area (Å²) in [5.74, 6) is 1.53. The molecule has 0 spiro atoms. The van der Waals surface area contributed by atoms with Crippen molar-refractivity contribution in [3.8, 4) is 0 Å². The maximum Gasteiger partial charge on any atom is 0.189 e. The molecule has 0 radical (unpaired) electrons. The second-order valence-corrected chi connectivity index (χ2v) is 3.88. The van der Waals surface area contributed by atoms with Gasteiger partial charge in [-0.2, -0.15) is 0 Å². The molecule has 1 rings (SSSR count). The van der Waals surface area contributed by atoms with Crippen molar-refractivity contribution < 1.29 is 9.21 Å². The van der Waals surface area contributed by atoms with Crippen LogP contribution in [0.1, 0.15) is 31.9 Å². The summed E-state index contributed by atoms with van der Waals surface area (Å²) >= 11 is 1.34. The van der Waals surface area contributed by atoms with E-state index in [-0.39, 0.29) is 5.12 Å². The highest BCUT2D eigenvalue weighted by molar-refractivity contribution is 8.12. The molecule has 1 aromatic heterocycles. The lowest BCUT2D eigenvalue weighted by Gasteiger charge is -1.96. The van der Waals surface area contributed by atoms with Gasteiger partial charge in [-0.05, 0) is 18.6 Å². The number of rotatable bonds is 5. The quantitative estimate of drug-likeness (QED) is 0.727. The van der Waals surface area contributed by atoms with Gasteiger partial charge >= 0.3 is 0 Å². The molecule has 0 saturated carbocycles. The van der Waals surface area contributed by atoms with Crippen LogP contribution in [-0.4, -0.2) is 5.12 Å². The number of unbranched alkanes of at least 4 members (excludes halogenated alkanes) is 1. The molecule has 2 nitrogen and oxygen atoms in total. The number of hydrogen-bond donors (Lipinski definition) is 0. The molecule has 3 heteroatoms. The molecule has 0 saturated heterocycles. The fourth-order valence-electron chi connectivity index (χ4n) is 0.940. The van der Waals surface area contributed by atoms with Crippen LogP contribution < -0.4 is 0 Å². The maximum absolute atomic E-state index is 11.2. The number of furan rings is 1. The van der Waals surface area contributed by atoms with Gasteiger partial charge < -0.3 is 4.42 Å². The van der Waals surface area contributed by atoms with Gasteiger partial charge in [-0.25, -0.2) is 0 Å². The average molecular weight is 198 g/mol. The number of hydrogen-bond acceptors (Lipinski definition) is 3. The van der Waals surface area contributed by atoms with Crippen LogP contribution in [0, 0.1) is 0 Å². The molecule has 0 aliphatic heterocycles. The van der Waals surface area contributed by atoms with E-state index in [9.17, 15) is 4.79 Å². The number of carbonyl (C=O) groups is 1. The van der Waals surface area contributed by atoms with Crippen molar-refractivity contribution in [1.82, 2.24) is 0 Å². The van der Waals surface area contributed by atoms with E-state index in [1.165, 1.54) is 11.8 Å². The van der Waals surface area contributed by atoms with Crippen LogP contribution in [0.15, 0.2) is 22.8 Å². The van der Waals surface area contributed by atoms with Gasteiger partial charge in [-0.1, -0.05) is 25.1 Å². The van der Waals surface area contributed by atoms with Crippen LogP contribution in [0.4, 0.5) is 0 Å². The molecule has 1 aromatic rings. The van der Waals surface area contributed by atoms with Gasteiger partial charge in [0.1, 0.15) is 5.76 Å². The molecule has 72 valence electrons. The Labute approximate surface area is 82.7 Å². The predicted octanol–water partition coefficient (Wildman–Crippen LogP) is 3.23. The fourth-order valence-corrected chi connectivity index (χ4v) is 1.70. The lowest BCUT2D eigenvalue weighted by molar-refractivity contribution is -0.111. The Bertz CT molecular complexity index is 241. The Morgan fingerprint density at radius 2 is 2.46 bits per heavy atom. The smallest absolute Gasteiger partial charge is 0.189 e. The van der Waals surface area contributed by atoms with E-state index >= 15 is 0 Å². The van der Waals surface area contributed by atoms with E-state index < -0.39 is 0 Å². The third-order valence-corrected chi connectivity index (χ3v) is 2.64. The Morgan fingerprint density at radius 3 is 3.08 bits per heavy atom. The van der Waals surface area contributed by atoms with Gasteiger partial charge in [0.25, 0.3) is 0 Å². The number of carbonyl (C=O) groups excluding carboxylic acids is 1. The Morgan fingerprint density at radius 1 is 1.62 bits per heavy atom. The molecular formula is C10H14O2S. The second-order valence-electron chi connectivity index (χ2n) is 2.84. The highest BCUT2D eigenvalue weighted by Crippen LogP contribution is 2.15. The normalized spacial score (nSPS) is 10.2. The van der Waals surface area contributed by atoms with E-state index in [4.69, 9.17) is 4.42 Å². The van der Waals surface area contributed by atoms with Gasteiger partial charge in [0, 0.05) is 6.42 Å². The van der Waals surface area contributed by atoms with E-state index in [2.05, 4.69) is 6.92 Å². The van der Waals surface area contributed by atoms with E-state index in [0.717, 1.165) is 18.6 Å². The van der Waals surface area contributed by atoms with Crippen LogP contribution in [0.25, 0.3) is 0 Å². The standard InChI is InChI=1S/C10H14O2S/c1-2-3-6-10(11)13-8-9-5-4-7-12-9/h4-5,7H,2-3,6,8H2,1H3. The van der Waals surface area contributed by atoms with Crippen molar-refractivity contribution in [3.05, 3.63) is 24.2 Å². The zero-order chi connectivity index (χ0) is 9.52. The molecule has 0 aromatic carbocycles. The maximum atomic E-state index is 11.2. The lowest BCUT2D eigenvalue weighted by atomic mass is 10.3. The summed E-state index contributed by atoms with van der Waals surface area (Å²) in [5.41, 5.74) is 0. The highest BCUT2D eigenvalue weighted by atomic mass is 32.2. The largest absolute Gasteiger partial charge is 0.468 e. The average Bonchev–Trinajstić information content (AvgIpc) is 2.64. The lowest BCUT2D eigenvalue weighted by Crippen LogP contribution is -1.91. The third-order valence-electron chi connectivity index (χ3n) is 1.69. The topological polar surface area (TPSA) is 30.2 Å². The van der Waals surface area contributed by atoms with Gasteiger partial charge in [-0.15, -0.1) is 0 Å². The molecule has 0 amide bonds. The van der Waals surface area contributed by atoms with Gasteiger partial charge in [0.15, 0.2) is 5.12 Å². The minimum atomic E-state index is 0.262. The van der Waals surface area contributed by atoms with Gasteiger partial charge in [-0.3, -0.25) is 4.79 Å². The first-order valence-electron chi connectivity index (χ1n) is 4.51. The van der Waals surface area contributed by atoms with Crippen LogP contribution in [-0.2, 0) is 10.5 Å². The van der Waals surface area contributed by atoms with E-state index in [0.29, 0.717) is 12.2 Å². The first-order chi connectivity index (χ1) is 6.33. The minimum absolute atomic E-state index is 0.262.